The zero-order chi connectivity index (χ0) is 14.2. The quantitative estimate of drug-likeness (QED) is 0.482. The van der Waals surface area contributed by atoms with Crippen molar-refractivity contribution < 1.29 is 33.8 Å². The Morgan fingerprint density at radius 2 is 1.56 bits per heavy atom. The molecule has 0 saturated carbocycles. The molecule has 0 aliphatic carbocycles. The van der Waals surface area contributed by atoms with E-state index in [0.717, 1.165) is 3.97 Å². The summed E-state index contributed by atoms with van der Waals surface area (Å²) in [6, 6.07) is 5.01. The first-order chi connectivity index (χ1) is 8.17. The van der Waals surface area contributed by atoms with Gasteiger partial charge in [0.25, 0.3) is 0 Å². The summed E-state index contributed by atoms with van der Waals surface area (Å²) in [7, 11) is -9.61. The van der Waals surface area contributed by atoms with Crippen LogP contribution in [0.4, 0.5) is 17.3 Å². The van der Waals surface area contributed by atoms with E-state index in [-0.39, 0.29) is 6.61 Å². The Kier molecular flexibility index (Phi) is 6.85. The predicted octanol–water partition coefficient (Wildman–Crippen LogP) is 1.79. The molecule has 1 heterocycles. The molecule has 1 aromatic heterocycles. The summed E-state index contributed by atoms with van der Waals surface area (Å²) < 4.78 is 67.4. The van der Waals surface area contributed by atoms with Gasteiger partial charge >= 0.3 is 17.6 Å². The molecule has 0 bridgehead atoms. The summed E-state index contributed by atoms with van der Waals surface area (Å²) in [5, 5.41) is 0. The van der Waals surface area contributed by atoms with Gasteiger partial charge in [0, 0.05) is 12.1 Å². The third-order valence-electron chi connectivity index (χ3n) is 1.38. The van der Waals surface area contributed by atoms with Gasteiger partial charge < -0.3 is 17.3 Å². The van der Waals surface area contributed by atoms with Crippen LogP contribution in [0, 0.1) is 0 Å². The van der Waals surface area contributed by atoms with Crippen LogP contribution in [0.15, 0.2) is 30.6 Å². The minimum atomic E-state index is -6.00. The number of rotatable bonds is 4. The van der Waals surface area contributed by atoms with Crippen molar-refractivity contribution in [3.05, 3.63) is 30.6 Å². The van der Waals surface area contributed by atoms with Gasteiger partial charge in [-0.25, -0.2) is 4.18 Å². The van der Waals surface area contributed by atoms with Crippen molar-refractivity contribution in [3.63, 3.8) is 0 Å². The Hall–Kier alpha value is -1.16. The molecule has 1 rings (SSSR count). The second-order valence-electron chi connectivity index (χ2n) is 2.98. The minimum Gasteiger partial charge on any atom is -0.418 e. The number of hydrogen-bond donors (Lipinski definition) is 0. The van der Waals surface area contributed by atoms with E-state index in [9.17, 15) is 25.7 Å². The summed E-state index contributed by atoms with van der Waals surface area (Å²) in [6.07, 6.45) is 3.54. The smallest absolute Gasteiger partial charge is 0.418 e. The van der Waals surface area contributed by atoms with Crippen molar-refractivity contribution >= 4 is 17.6 Å². The van der Waals surface area contributed by atoms with Crippen molar-refractivity contribution in [3.8, 4) is 0 Å². The van der Waals surface area contributed by atoms with Crippen LogP contribution in [0.2, 0.25) is 0 Å². The highest BCUT2D eigenvalue weighted by atomic mass is 32.2. The van der Waals surface area contributed by atoms with E-state index in [4.69, 9.17) is 4.18 Å². The number of nitrogens with zero attached hydrogens (tertiary/aromatic N) is 1. The van der Waals surface area contributed by atoms with E-state index in [2.05, 4.69) is 0 Å². The molecule has 0 aromatic carbocycles. The van der Waals surface area contributed by atoms with Gasteiger partial charge in [-0.1, -0.05) is 17.0 Å². The highest BCUT2D eigenvalue weighted by molar-refractivity contribution is 7.80. The molecular formula is C8H12BF4NO3S. The molecule has 1 aromatic rings. The fourth-order valence-electron chi connectivity index (χ4n) is 0.781. The molecule has 10 heteroatoms. The average molecular weight is 289 g/mol. The van der Waals surface area contributed by atoms with Gasteiger partial charge in [-0.05, 0) is 6.42 Å². The zero-order valence-electron chi connectivity index (χ0n) is 9.47. The van der Waals surface area contributed by atoms with Crippen LogP contribution >= 0.6 is 0 Å². The fourth-order valence-corrected chi connectivity index (χ4v) is 1.72. The van der Waals surface area contributed by atoms with Crippen molar-refractivity contribution in [2.45, 2.75) is 13.3 Å². The normalized spacial score (nSPS) is 11.6. The maximum absolute atomic E-state index is 11.3. The Morgan fingerprint density at radius 3 is 1.94 bits per heavy atom. The Balaban J connectivity index is 0.000000494. The lowest BCUT2D eigenvalue weighted by atomic mass is 10.3. The largest absolute Gasteiger partial charge is 0.673 e. The van der Waals surface area contributed by atoms with Crippen LogP contribution in [0.1, 0.15) is 13.3 Å². The monoisotopic (exact) mass is 289 g/mol. The molecule has 0 spiro atoms. The summed E-state index contributed by atoms with van der Waals surface area (Å²) in [4.78, 5) is 0. The Labute approximate surface area is 103 Å². The van der Waals surface area contributed by atoms with Crippen molar-refractivity contribution in [2.24, 2.45) is 0 Å². The molecule has 0 aliphatic heterocycles. The van der Waals surface area contributed by atoms with Crippen molar-refractivity contribution in [1.29, 1.82) is 0 Å². The minimum absolute atomic E-state index is 0.213. The molecule has 104 valence electrons. The van der Waals surface area contributed by atoms with E-state index in [1.165, 1.54) is 12.4 Å². The maximum atomic E-state index is 11.3. The van der Waals surface area contributed by atoms with Crippen LogP contribution in [-0.4, -0.2) is 22.3 Å². The first-order valence-corrected chi connectivity index (χ1v) is 6.27. The average Bonchev–Trinajstić information content (AvgIpc) is 2.25. The lowest BCUT2D eigenvalue weighted by molar-refractivity contribution is -0.520. The first-order valence-electron chi connectivity index (χ1n) is 4.90. The SMILES string of the molecule is CCCOS(=O)(=O)[n+]1ccccc1.F[B-](F)(F)F. The predicted molar refractivity (Wildman–Crippen MR) is 57.4 cm³/mol. The Bertz CT molecular complexity index is 431. The Morgan fingerprint density at radius 1 is 1.11 bits per heavy atom. The topological polar surface area (TPSA) is 47.3 Å². The molecule has 0 N–H and O–H groups in total. The van der Waals surface area contributed by atoms with Crippen molar-refractivity contribution in [2.75, 3.05) is 6.61 Å². The van der Waals surface area contributed by atoms with Crippen LogP contribution in [-0.2, 0) is 14.5 Å². The molecule has 0 amide bonds. The van der Waals surface area contributed by atoms with E-state index >= 15 is 0 Å². The molecule has 0 fully saturated rings. The van der Waals surface area contributed by atoms with Gasteiger partial charge in [-0.2, -0.15) is 0 Å². The molecule has 0 aliphatic rings. The zero-order valence-corrected chi connectivity index (χ0v) is 10.3. The molecule has 0 radical (unpaired) electrons. The highest BCUT2D eigenvalue weighted by Gasteiger charge is 2.21. The second kappa shape index (κ2) is 7.32. The molecule has 0 unspecified atom stereocenters. The van der Waals surface area contributed by atoms with Crippen LogP contribution in [0.25, 0.3) is 0 Å². The van der Waals surface area contributed by atoms with E-state index in [1.807, 2.05) is 6.92 Å². The maximum Gasteiger partial charge on any atom is 0.673 e. The first kappa shape index (κ1) is 16.8. The van der Waals surface area contributed by atoms with Crippen molar-refractivity contribution in [1.82, 2.24) is 0 Å². The van der Waals surface area contributed by atoms with Crippen LogP contribution < -0.4 is 3.97 Å². The standard InChI is InChI=1S/C8H12NO3S.BF4/c1-2-8-12-13(10,11)9-6-4-3-5-7-9;2-1(3,4)5/h3-7H,2,8H2,1H3;/q+1;-1. The van der Waals surface area contributed by atoms with E-state index < -0.39 is 17.6 Å². The third kappa shape index (κ3) is 8.94. The van der Waals surface area contributed by atoms with Gasteiger partial charge in [0.1, 0.15) is 0 Å². The summed E-state index contributed by atoms with van der Waals surface area (Å²) in [5.74, 6) is 0. The molecule has 18 heavy (non-hydrogen) atoms. The molecular weight excluding hydrogens is 277 g/mol. The number of aromatic nitrogens is 1. The van der Waals surface area contributed by atoms with E-state index in [1.54, 1.807) is 18.2 Å². The number of pyridine rings is 1. The van der Waals surface area contributed by atoms with E-state index in [0.29, 0.717) is 6.42 Å². The van der Waals surface area contributed by atoms with Crippen LogP contribution in [0.3, 0.4) is 0 Å². The second-order valence-corrected chi connectivity index (χ2v) is 4.49. The number of halogens is 4. The number of hydrogen-bond acceptors (Lipinski definition) is 3. The lowest BCUT2D eigenvalue weighted by Gasteiger charge is -1.96. The summed E-state index contributed by atoms with van der Waals surface area (Å²) in [5.41, 5.74) is 0. The van der Waals surface area contributed by atoms with Gasteiger partial charge in [0.15, 0.2) is 12.4 Å². The third-order valence-corrected chi connectivity index (χ3v) is 2.61. The van der Waals surface area contributed by atoms with Gasteiger partial charge in [-0.15, -0.1) is 8.42 Å². The molecule has 0 atom stereocenters. The fraction of sp³-hybridized carbons (Fsp3) is 0.375. The highest BCUT2D eigenvalue weighted by Crippen LogP contribution is 2.06. The summed E-state index contributed by atoms with van der Waals surface area (Å²) >= 11 is 0. The van der Waals surface area contributed by atoms with Gasteiger partial charge in [-0.3, -0.25) is 0 Å². The van der Waals surface area contributed by atoms with Gasteiger partial charge in [0.2, 0.25) is 0 Å². The van der Waals surface area contributed by atoms with Crippen LogP contribution in [0.5, 0.6) is 0 Å². The van der Waals surface area contributed by atoms with Gasteiger partial charge in [0.05, 0.1) is 6.61 Å². The lowest BCUT2D eigenvalue weighted by Crippen LogP contribution is -2.43. The molecule has 0 saturated heterocycles. The summed E-state index contributed by atoms with van der Waals surface area (Å²) in [6.45, 7) is 2.06. The molecule has 4 nitrogen and oxygen atoms in total.